The van der Waals surface area contributed by atoms with Crippen LogP contribution in [0.2, 0.25) is 13.1 Å². The number of carbonyl (C=O) groups is 1. The average molecular weight is 349 g/mol. The molecule has 2 rings (SSSR count). The summed E-state index contributed by atoms with van der Waals surface area (Å²) in [5.74, 6) is -0.130. The van der Waals surface area contributed by atoms with Gasteiger partial charge in [0.15, 0.2) is 0 Å². The van der Waals surface area contributed by atoms with Gasteiger partial charge in [0.1, 0.15) is 0 Å². The second-order valence-electron chi connectivity index (χ2n) is 8.08. The molecule has 3 atom stereocenters. The van der Waals surface area contributed by atoms with Gasteiger partial charge in [-0.1, -0.05) is 51.1 Å². The molecule has 1 saturated heterocycles. The fraction of sp³-hybridized carbons (Fsp3) is 0.632. The van der Waals surface area contributed by atoms with Crippen molar-refractivity contribution >= 4 is 15.0 Å². The standard InChI is InChI=1S/C19H30NO3Si/c1-19(2,3)18(23-24(4)5)16-12-20(13-17(21)22)11-15(16)14-9-7-6-8-10-14/h6-10,15-16,18H,11-13H2,1-5H3,(H,21,22)/t15-,16+,18?/m1/s1. The van der Waals surface area contributed by atoms with Crippen LogP contribution in [0.3, 0.4) is 0 Å². The molecule has 1 radical (unpaired) electrons. The van der Waals surface area contributed by atoms with Gasteiger partial charge < -0.3 is 9.53 Å². The molecule has 0 bridgehead atoms. The number of likely N-dealkylation sites (tertiary alicyclic amines) is 1. The number of nitrogens with zero attached hydrogens (tertiary/aromatic N) is 1. The number of benzene rings is 1. The number of hydrogen-bond acceptors (Lipinski definition) is 3. The summed E-state index contributed by atoms with van der Waals surface area (Å²) in [6.45, 7) is 12.7. The summed E-state index contributed by atoms with van der Waals surface area (Å²) in [4.78, 5) is 13.2. The molecular weight excluding hydrogens is 318 g/mol. The van der Waals surface area contributed by atoms with Crippen molar-refractivity contribution < 1.29 is 14.3 Å². The van der Waals surface area contributed by atoms with Crippen LogP contribution in [0, 0.1) is 11.3 Å². The highest BCUT2D eigenvalue weighted by atomic mass is 28.3. The van der Waals surface area contributed by atoms with E-state index in [4.69, 9.17) is 4.43 Å². The lowest BCUT2D eigenvalue weighted by Gasteiger charge is -2.39. The van der Waals surface area contributed by atoms with Crippen molar-refractivity contribution in [3.8, 4) is 0 Å². The first kappa shape index (κ1) is 19.2. The minimum Gasteiger partial charge on any atom is -0.480 e. The van der Waals surface area contributed by atoms with Crippen LogP contribution in [0.4, 0.5) is 0 Å². The SMILES string of the molecule is C[Si](C)OC([C@H]1CN(CC(=O)O)C[C@@H]1c1ccccc1)C(C)(C)C. The van der Waals surface area contributed by atoms with E-state index >= 15 is 0 Å². The topological polar surface area (TPSA) is 49.8 Å². The van der Waals surface area contributed by atoms with Crippen molar-refractivity contribution in [3.05, 3.63) is 35.9 Å². The van der Waals surface area contributed by atoms with Crippen molar-refractivity contribution in [2.24, 2.45) is 11.3 Å². The molecule has 4 nitrogen and oxygen atoms in total. The number of carboxylic acid groups (broad SMARTS) is 1. The van der Waals surface area contributed by atoms with Gasteiger partial charge in [0.2, 0.25) is 9.04 Å². The van der Waals surface area contributed by atoms with E-state index in [9.17, 15) is 9.90 Å². The third kappa shape index (κ3) is 4.91. The summed E-state index contributed by atoms with van der Waals surface area (Å²) in [7, 11) is -0.832. The lowest BCUT2D eigenvalue weighted by Crippen LogP contribution is -2.42. The molecule has 1 heterocycles. The predicted molar refractivity (Wildman–Crippen MR) is 98.6 cm³/mol. The minimum absolute atomic E-state index is 0.0267. The molecule has 0 amide bonds. The quantitative estimate of drug-likeness (QED) is 0.800. The second-order valence-corrected chi connectivity index (χ2v) is 10.1. The number of carboxylic acids is 1. The molecule has 0 saturated carbocycles. The lowest BCUT2D eigenvalue weighted by atomic mass is 9.75. The van der Waals surface area contributed by atoms with Crippen LogP contribution in [-0.2, 0) is 9.22 Å². The van der Waals surface area contributed by atoms with Crippen molar-refractivity contribution in [2.75, 3.05) is 19.6 Å². The van der Waals surface area contributed by atoms with Gasteiger partial charge >= 0.3 is 5.97 Å². The summed E-state index contributed by atoms with van der Waals surface area (Å²) in [5, 5.41) is 9.19. The average Bonchev–Trinajstić information content (AvgIpc) is 2.87. The van der Waals surface area contributed by atoms with E-state index in [1.807, 2.05) is 6.07 Å². The minimum atomic E-state index is -0.832. The van der Waals surface area contributed by atoms with Crippen LogP contribution in [-0.4, -0.2) is 50.8 Å². The maximum atomic E-state index is 11.2. The third-order valence-corrected chi connectivity index (χ3v) is 5.36. The highest BCUT2D eigenvalue weighted by Gasteiger charge is 2.44. The predicted octanol–water partition coefficient (Wildman–Crippen LogP) is 3.47. The Morgan fingerprint density at radius 2 is 1.92 bits per heavy atom. The molecule has 0 aliphatic carbocycles. The van der Waals surface area contributed by atoms with Crippen molar-refractivity contribution in [3.63, 3.8) is 0 Å². The summed E-state index contributed by atoms with van der Waals surface area (Å²) in [6.07, 6.45) is 0.130. The molecular formula is C19H30NO3Si. The van der Waals surface area contributed by atoms with E-state index in [-0.39, 0.29) is 18.1 Å². The maximum Gasteiger partial charge on any atom is 0.317 e. The Balaban J connectivity index is 2.32. The molecule has 24 heavy (non-hydrogen) atoms. The molecule has 1 unspecified atom stereocenters. The Labute approximate surface area is 147 Å². The van der Waals surface area contributed by atoms with Crippen molar-refractivity contribution in [1.29, 1.82) is 0 Å². The van der Waals surface area contributed by atoms with Gasteiger partial charge in [-0.3, -0.25) is 9.69 Å². The monoisotopic (exact) mass is 348 g/mol. The Bertz CT molecular complexity index is 541. The zero-order chi connectivity index (χ0) is 17.9. The molecule has 0 spiro atoms. The van der Waals surface area contributed by atoms with Crippen LogP contribution in [0.15, 0.2) is 30.3 Å². The smallest absolute Gasteiger partial charge is 0.317 e. The number of rotatable bonds is 6. The second kappa shape index (κ2) is 7.81. The Morgan fingerprint density at radius 3 is 2.42 bits per heavy atom. The fourth-order valence-corrected chi connectivity index (χ4v) is 4.79. The van der Waals surface area contributed by atoms with Crippen molar-refractivity contribution in [1.82, 2.24) is 4.90 Å². The molecule has 1 N–H and O–H groups in total. The first-order chi connectivity index (χ1) is 11.2. The van der Waals surface area contributed by atoms with Gasteiger partial charge in [0.05, 0.1) is 12.6 Å². The van der Waals surface area contributed by atoms with Gasteiger partial charge in [-0.25, -0.2) is 0 Å². The van der Waals surface area contributed by atoms with E-state index in [0.29, 0.717) is 11.8 Å². The molecule has 1 aliphatic rings. The first-order valence-electron chi connectivity index (χ1n) is 8.64. The van der Waals surface area contributed by atoms with Gasteiger partial charge in [-0.2, -0.15) is 0 Å². The van der Waals surface area contributed by atoms with E-state index in [2.05, 4.69) is 63.0 Å². The molecule has 1 aromatic carbocycles. The number of hydrogen-bond donors (Lipinski definition) is 1. The highest BCUT2D eigenvalue weighted by Crippen LogP contribution is 2.41. The Morgan fingerprint density at radius 1 is 1.29 bits per heavy atom. The van der Waals surface area contributed by atoms with Gasteiger partial charge in [0, 0.05) is 24.9 Å². The van der Waals surface area contributed by atoms with E-state index in [0.717, 1.165) is 13.1 Å². The van der Waals surface area contributed by atoms with Gasteiger partial charge in [0.25, 0.3) is 0 Å². The molecule has 0 aromatic heterocycles. The molecule has 1 aromatic rings. The summed E-state index contributed by atoms with van der Waals surface area (Å²) in [6, 6.07) is 10.5. The molecule has 5 heteroatoms. The van der Waals surface area contributed by atoms with Crippen LogP contribution in [0.5, 0.6) is 0 Å². The summed E-state index contributed by atoms with van der Waals surface area (Å²) in [5.41, 5.74) is 1.31. The summed E-state index contributed by atoms with van der Waals surface area (Å²) < 4.78 is 6.43. The maximum absolute atomic E-state index is 11.2. The normalized spacial score (nSPS) is 23.6. The Hall–Kier alpha value is -1.17. The van der Waals surface area contributed by atoms with Crippen molar-refractivity contribution in [2.45, 2.75) is 45.9 Å². The van der Waals surface area contributed by atoms with E-state index in [1.165, 1.54) is 5.56 Å². The largest absolute Gasteiger partial charge is 0.480 e. The highest BCUT2D eigenvalue weighted by molar-refractivity contribution is 6.48. The zero-order valence-electron chi connectivity index (χ0n) is 15.5. The third-order valence-electron chi connectivity index (χ3n) is 4.63. The lowest BCUT2D eigenvalue weighted by molar-refractivity contribution is -0.138. The van der Waals surface area contributed by atoms with E-state index in [1.54, 1.807) is 0 Å². The molecule has 133 valence electrons. The van der Waals surface area contributed by atoms with Crippen LogP contribution in [0.25, 0.3) is 0 Å². The molecule has 1 fully saturated rings. The van der Waals surface area contributed by atoms with E-state index < -0.39 is 15.0 Å². The summed E-state index contributed by atoms with van der Waals surface area (Å²) >= 11 is 0. The van der Waals surface area contributed by atoms with Gasteiger partial charge in [-0.15, -0.1) is 0 Å². The van der Waals surface area contributed by atoms with Crippen LogP contribution in [0.1, 0.15) is 32.3 Å². The Kier molecular flexibility index (Phi) is 6.23. The fourth-order valence-electron chi connectivity index (χ4n) is 3.75. The zero-order valence-corrected chi connectivity index (χ0v) is 16.5. The first-order valence-corrected chi connectivity index (χ1v) is 11.0. The van der Waals surface area contributed by atoms with Crippen LogP contribution < -0.4 is 0 Å². The number of aliphatic carboxylic acids is 1. The molecule has 1 aliphatic heterocycles. The van der Waals surface area contributed by atoms with Gasteiger partial charge in [-0.05, 0) is 24.1 Å². The van der Waals surface area contributed by atoms with Crippen LogP contribution >= 0.6 is 0 Å².